The first-order chi connectivity index (χ1) is 20.0. The summed E-state index contributed by atoms with van der Waals surface area (Å²) >= 11 is 0. The highest BCUT2D eigenvalue weighted by Gasteiger charge is 2.33. The van der Waals surface area contributed by atoms with Gasteiger partial charge < -0.3 is 15.0 Å². The summed E-state index contributed by atoms with van der Waals surface area (Å²) in [7, 11) is 1.72. The minimum atomic E-state index is -4.54. The SMILES string of the molecule is Cc1nc(N(Cc2cnn(Cc3ccc(C(F)(F)F)nc3)c2)C(=O)CCC(=O)OC(C)(C)C)nc2c1NC(=O)[C@H](C)N2C. The molecule has 0 spiro atoms. The van der Waals surface area contributed by atoms with Crippen LogP contribution in [0.3, 0.4) is 0 Å². The van der Waals surface area contributed by atoms with E-state index in [9.17, 15) is 27.6 Å². The Balaban J connectivity index is 1.59. The number of likely N-dealkylation sites (N-methyl/N-ethyl adjacent to an activating group) is 1. The van der Waals surface area contributed by atoms with Crippen LogP contribution in [-0.2, 0) is 38.4 Å². The van der Waals surface area contributed by atoms with Gasteiger partial charge in [-0.3, -0.25) is 28.9 Å². The highest BCUT2D eigenvalue weighted by molar-refractivity contribution is 6.03. The Bertz CT molecular complexity index is 1520. The third-order valence-corrected chi connectivity index (χ3v) is 6.59. The summed E-state index contributed by atoms with van der Waals surface area (Å²) in [5.41, 5.74) is 0.274. The van der Waals surface area contributed by atoms with E-state index in [1.54, 1.807) is 52.8 Å². The van der Waals surface area contributed by atoms with Crippen molar-refractivity contribution in [2.24, 2.45) is 0 Å². The number of nitrogens with zero attached hydrogens (tertiary/aromatic N) is 7. The quantitative estimate of drug-likeness (QED) is 0.381. The van der Waals surface area contributed by atoms with Gasteiger partial charge in [0.1, 0.15) is 23.0 Å². The first kappa shape index (κ1) is 31.4. The Hall–Kier alpha value is -4.56. The van der Waals surface area contributed by atoms with Crippen molar-refractivity contribution in [1.82, 2.24) is 24.7 Å². The molecule has 1 aliphatic heterocycles. The number of ether oxygens (including phenoxy) is 1. The van der Waals surface area contributed by atoms with Crippen LogP contribution < -0.4 is 15.1 Å². The molecule has 0 fully saturated rings. The highest BCUT2D eigenvalue weighted by Crippen LogP contribution is 2.33. The van der Waals surface area contributed by atoms with Gasteiger partial charge >= 0.3 is 12.1 Å². The molecule has 4 rings (SSSR count). The van der Waals surface area contributed by atoms with Crippen molar-refractivity contribution in [3.8, 4) is 0 Å². The Morgan fingerprint density at radius 3 is 2.44 bits per heavy atom. The first-order valence-corrected chi connectivity index (χ1v) is 13.5. The summed E-state index contributed by atoms with van der Waals surface area (Å²) in [4.78, 5) is 53.8. The normalized spacial score (nSPS) is 15.1. The van der Waals surface area contributed by atoms with Crippen molar-refractivity contribution in [1.29, 1.82) is 0 Å². The summed E-state index contributed by atoms with van der Waals surface area (Å²) in [5, 5.41) is 7.08. The number of alkyl halides is 3. The van der Waals surface area contributed by atoms with Gasteiger partial charge in [0.05, 0.1) is 31.4 Å². The predicted molar refractivity (Wildman–Crippen MR) is 150 cm³/mol. The molecule has 1 atom stereocenters. The molecule has 15 heteroatoms. The average Bonchev–Trinajstić information content (AvgIpc) is 3.35. The number of halogens is 3. The molecule has 0 aliphatic carbocycles. The number of aromatic nitrogens is 5. The number of hydrogen-bond donors (Lipinski definition) is 1. The second kappa shape index (κ2) is 12.0. The highest BCUT2D eigenvalue weighted by atomic mass is 19.4. The lowest BCUT2D eigenvalue weighted by atomic mass is 10.1. The third-order valence-electron chi connectivity index (χ3n) is 6.59. The lowest BCUT2D eigenvalue weighted by Crippen LogP contribution is -2.45. The average molecular weight is 603 g/mol. The van der Waals surface area contributed by atoms with E-state index >= 15 is 0 Å². The van der Waals surface area contributed by atoms with Crippen molar-refractivity contribution in [3.05, 3.63) is 53.2 Å². The summed E-state index contributed by atoms with van der Waals surface area (Å²) in [6, 6.07) is 1.72. The molecule has 0 saturated carbocycles. The number of carbonyl (C=O) groups is 3. The fraction of sp³-hybridized carbons (Fsp3) is 0.464. The van der Waals surface area contributed by atoms with E-state index in [0.29, 0.717) is 28.3 Å². The number of anilines is 3. The van der Waals surface area contributed by atoms with Gasteiger partial charge in [-0.15, -0.1) is 0 Å². The summed E-state index contributed by atoms with van der Waals surface area (Å²) < 4.78 is 45.4. The van der Waals surface area contributed by atoms with E-state index in [0.717, 1.165) is 12.3 Å². The van der Waals surface area contributed by atoms with Crippen LogP contribution >= 0.6 is 0 Å². The zero-order chi connectivity index (χ0) is 31.7. The maximum atomic E-state index is 13.5. The van der Waals surface area contributed by atoms with Gasteiger partial charge in [0.2, 0.25) is 17.8 Å². The van der Waals surface area contributed by atoms with Gasteiger partial charge in [-0.05, 0) is 46.2 Å². The van der Waals surface area contributed by atoms with Crippen LogP contribution in [0, 0.1) is 6.92 Å². The van der Waals surface area contributed by atoms with Crippen molar-refractivity contribution in [2.75, 3.05) is 22.2 Å². The topological polar surface area (TPSA) is 135 Å². The number of aryl methyl sites for hydroxylation is 1. The lowest BCUT2D eigenvalue weighted by Gasteiger charge is -2.33. The minimum Gasteiger partial charge on any atom is -0.460 e. The largest absolute Gasteiger partial charge is 0.460 e. The number of rotatable bonds is 8. The smallest absolute Gasteiger partial charge is 0.433 e. The number of amides is 2. The number of nitrogens with one attached hydrogen (secondary N) is 1. The number of fused-ring (bicyclic) bond motifs is 1. The molecular weight excluding hydrogens is 569 g/mol. The second-order valence-corrected chi connectivity index (χ2v) is 11.2. The Labute approximate surface area is 246 Å². The second-order valence-electron chi connectivity index (χ2n) is 11.2. The van der Waals surface area contributed by atoms with Crippen molar-refractivity contribution < 1.29 is 32.3 Å². The molecule has 1 N–H and O–H groups in total. The van der Waals surface area contributed by atoms with Crippen LogP contribution in [0.5, 0.6) is 0 Å². The van der Waals surface area contributed by atoms with Crippen molar-refractivity contribution in [3.63, 3.8) is 0 Å². The van der Waals surface area contributed by atoms with Gasteiger partial charge in [0.15, 0.2) is 5.82 Å². The molecule has 0 radical (unpaired) electrons. The molecule has 2 amide bonds. The number of pyridine rings is 1. The fourth-order valence-corrected chi connectivity index (χ4v) is 4.29. The number of carbonyl (C=O) groups excluding carboxylic acids is 3. The zero-order valence-electron chi connectivity index (χ0n) is 24.7. The molecular formula is C28H33F3N8O4. The van der Waals surface area contributed by atoms with E-state index in [-0.39, 0.29) is 37.8 Å². The fourth-order valence-electron chi connectivity index (χ4n) is 4.29. The van der Waals surface area contributed by atoms with Crippen molar-refractivity contribution in [2.45, 2.75) is 78.4 Å². The monoisotopic (exact) mass is 602 g/mol. The van der Waals surface area contributed by atoms with Gasteiger partial charge in [-0.25, -0.2) is 4.98 Å². The molecule has 0 unspecified atom stereocenters. The predicted octanol–water partition coefficient (Wildman–Crippen LogP) is 3.88. The van der Waals surface area contributed by atoms with Crippen LogP contribution in [0.4, 0.5) is 30.6 Å². The maximum absolute atomic E-state index is 13.5. The van der Waals surface area contributed by atoms with Crippen LogP contribution in [0.25, 0.3) is 0 Å². The lowest BCUT2D eigenvalue weighted by molar-refractivity contribution is -0.155. The van der Waals surface area contributed by atoms with Gasteiger partial charge in [0.25, 0.3) is 0 Å². The molecule has 0 bridgehead atoms. The van der Waals surface area contributed by atoms with Crippen LogP contribution in [0.2, 0.25) is 0 Å². The van der Waals surface area contributed by atoms with E-state index in [1.807, 2.05) is 0 Å². The molecule has 3 aromatic rings. The van der Waals surface area contributed by atoms with E-state index < -0.39 is 35.4 Å². The van der Waals surface area contributed by atoms with E-state index in [1.165, 1.54) is 21.8 Å². The zero-order valence-corrected chi connectivity index (χ0v) is 24.7. The molecule has 4 heterocycles. The summed E-state index contributed by atoms with van der Waals surface area (Å²) in [6.45, 7) is 8.75. The minimum absolute atomic E-state index is 0.0116. The first-order valence-electron chi connectivity index (χ1n) is 13.5. The van der Waals surface area contributed by atoms with E-state index in [4.69, 9.17) is 4.74 Å². The molecule has 230 valence electrons. The molecule has 43 heavy (non-hydrogen) atoms. The Kier molecular flexibility index (Phi) is 8.74. The Morgan fingerprint density at radius 1 is 1.09 bits per heavy atom. The van der Waals surface area contributed by atoms with Crippen LogP contribution in [-0.4, -0.2) is 61.2 Å². The van der Waals surface area contributed by atoms with Gasteiger partial charge in [-0.1, -0.05) is 6.07 Å². The van der Waals surface area contributed by atoms with Crippen molar-refractivity contribution >= 4 is 35.2 Å². The van der Waals surface area contributed by atoms with Gasteiger partial charge in [-0.2, -0.15) is 23.3 Å². The molecule has 3 aromatic heterocycles. The van der Waals surface area contributed by atoms with Gasteiger partial charge in [0, 0.05) is 31.4 Å². The number of esters is 1. The third kappa shape index (κ3) is 7.64. The standard InChI is InChI=1S/C28H33F3N8O4/c1-16-23-24(37(6)17(2)25(42)35-23)36-26(34-16)39(21(40)9-10-22(41)43-27(3,4)5)15-19-12-33-38(14-19)13-18-7-8-20(32-11-18)28(29,30)31/h7-8,11-12,14,17H,9-10,13,15H2,1-6H3,(H,35,42)/t17-/m0/s1. The molecule has 12 nitrogen and oxygen atoms in total. The number of hydrogen-bond acceptors (Lipinski definition) is 9. The molecule has 0 saturated heterocycles. The summed E-state index contributed by atoms with van der Waals surface area (Å²) in [6.07, 6.45) is -0.577. The van der Waals surface area contributed by atoms with Crippen LogP contribution in [0.1, 0.15) is 63.1 Å². The molecule has 0 aromatic carbocycles. The van der Waals surface area contributed by atoms with Crippen LogP contribution in [0.15, 0.2) is 30.7 Å². The Morgan fingerprint density at radius 2 is 1.81 bits per heavy atom. The summed E-state index contributed by atoms with van der Waals surface area (Å²) in [5.74, 6) is -0.682. The maximum Gasteiger partial charge on any atom is 0.433 e. The van der Waals surface area contributed by atoms with E-state index in [2.05, 4.69) is 25.4 Å². The molecule has 1 aliphatic rings.